The molecule has 1 aliphatic rings. The second kappa shape index (κ2) is 9.13. The van der Waals surface area contributed by atoms with Crippen LogP contribution >= 0.6 is 0 Å². The third-order valence-corrected chi connectivity index (χ3v) is 8.07. The lowest BCUT2D eigenvalue weighted by atomic mass is 10.1. The second-order valence-corrected chi connectivity index (χ2v) is 11.9. The molecule has 1 atom stereocenters. The summed E-state index contributed by atoms with van der Waals surface area (Å²) in [4.78, 5) is 14.7. The largest absolute Gasteiger partial charge is 0.444 e. The van der Waals surface area contributed by atoms with Crippen LogP contribution in [-0.4, -0.2) is 47.9 Å². The number of likely N-dealkylation sites (tertiary alicyclic amines) is 1. The van der Waals surface area contributed by atoms with Crippen molar-refractivity contribution in [3.8, 4) is 0 Å². The van der Waals surface area contributed by atoms with Crippen LogP contribution in [0.1, 0.15) is 40.0 Å². The number of aromatic amines is 1. The van der Waals surface area contributed by atoms with Gasteiger partial charge >= 0.3 is 6.09 Å². The van der Waals surface area contributed by atoms with Gasteiger partial charge in [0.05, 0.1) is 10.4 Å². The van der Waals surface area contributed by atoms with Gasteiger partial charge in [0.1, 0.15) is 11.8 Å². The summed E-state index contributed by atoms with van der Waals surface area (Å²) >= 11 is 0. The van der Waals surface area contributed by atoms with Crippen molar-refractivity contribution in [1.29, 1.82) is 0 Å². The number of carbonyl (C=O) groups is 1. The van der Waals surface area contributed by atoms with E-state index in [2.05, 4.69) is 15.5 Å². The molecule has 1 fully saturated rings. The smallest absolute Gasteiger partial charge is 0.411 e. The van der Waals surface area contributed by atoms with E-state index in [0.29, 0.717) is 28.5 Å². The highest BCUT2D eigenvalue weighted by Gasteiger charge is 2.31. The normalized spacial score (nSPS) is 16.9. The molecule has 2 heterocycles. The molecule has 188 valence electrons. The lowest BCUT2D eigenvalue weighted by Crippen LogP contribution is -2.49. The van der Waals surface area contributed by atoms with Gasteiger partial charge in [0.25, 0.3) is 0 Å². The summed E-state index contributed by atoms with van der Waals surface area (Å²) in [6.45, 7) is 6.15. The van der Waals surface area contributed by atoms with E-state index in [9.17, 15) is 13.2 Å². The van der Waals surface area contributed by atoms with E-state index >= 15 is 0 Å². The number of piperidine rings is 1. The number of fused-ring (bicyclic) bond motifs is 2. The topological polar surface area (TPSA) is 104 Å². The van der Waals surface area contributed by atoms with Crippen LogP contribution in [0, 0.1) is 0 Å². The number of H-pyrrole nitrogens is 1. The molecule has 2 N–H and O–H groups in total. The van der Waals surface area contributed by atoms with E-state index in [1.165, 1.54) is 0 Å². The SMILES string of the molecule is CC(C)(C)OC(=O)N1CCCCC1Nc1ccc2n[nH]c(S(=O)(=O)c3cccc4ccccc34)c2c1. The zero-order valence-corrected chi connectivity index (χ0v) is 21.4. The highest BCUT2D eigenvalue weighted by Crippen LogP contribution is 2.32. The van der Waals surface area contributed by atoms with Crippen LogP contribution in [0.25, 0.3) is 21.7 Å². The van der Waals surface area contributed by atoms with Crippen molar-refractivity contribution < 1.29 is 17.9 Å². The Morgan fingerprint density at radius 1 is 1.06 bits per heavy atom. The molecule has 36 heavy (non-hydrogen) atoms. The minimum atomic E-state index is -3.87. The molecule has 0 bridgehead atoms. The number of ether oxygens (including phenoxy) is 1. The van der Waals surface area contributed by atoms with Crippen LogP contribution < -0.4 is 5.32 Å². The summed E-state index contributed by atoms with van der Waals surface area (Å²) in [6, 6.07) is 18.1. The number of anilines is 1. The van der Waals surface area contributed by atoms with Gasteiger partial charge in [-0.25, -0.2) is 13.2 Å². The number of benzene rings is 3. The Balaban J connectivity index is 1.49. The van der Waals surface area contributed by atoms with E-state index < -0.39 is 15.4 Å². The minimum absolute atomic E-state index is 0.0464. The number of rotatable bonds is 4. The molecule has 8 nitrogen and oxygen atoms in total. The van der Waals surface area contributed by atoms with Gasteiger partial charge in [-0.05, 0) is 69.7 Å². The van der Waals surface area contributed by atoms with Crippen LogP contribution in [0.15, 0.2) is 70.6 Å². The molecule has 0 saturated carbocycles. The van der Waals surface area contributed by atoms with Gasteiger partial charge in [0.2, 0.25) is 9.84 Å². The first-order valence-corrected chi connectivity index (χ1v) is 13.6. The lowest BCUT2D eigenvalue weighted by Gasteiger charge is -2.37. The van der Waals surface area contributed by atoms with Crippen molar-refractivity contribution in [2.24, 2.45) is 0 Å². The summed E-state index contributed by atoms with van der Waals surface area (Å²) in [7, 11) is -3.87. The number of sulfone groups is 1. The number of hydrogen-bond donors (Lipinski definition) is 2. The van der Waals surface area contributed by atoms with Crippen molar-refractivity contribution in [3.63, 3.8) is 0 Å². The van der Waals surface area contributed by atoms with E-state index in [0.717, 1.165) is 24.6 Å². The maximum absolute atomic E-state index is 13.7. The fourth-order valence-corrected chi connectivity index (χ4v) is 6.21. The van der Waals surface area contributed by atoms with E-state index in [1.54, 1.807) is 29.2 Å². The fraction of sp³-hybridized carbons (Fsp3) is 0.333. The molecule has 0 radical (unpaired) electrons. The summed E-state index contributed by atoms with van der Waals surface area (Å²) in [5, 5.41) is 12.5. The second-order valence-electron chi connectivity index (χ2n) is 10.1. The minimum Gasteiger partial charge on any atom is -0.444 e. The maximum Gasteiger partial charge on any atom is 0.411 e. The van der Waals surface area contributed by atoms with Crippen molar-refractivity contribution in [1.82, 2.24) is 15.1 Å². The Labute approximate surface area is 210 Å². The maximum atomic E-state index is 13.7. The Morgan fingerprint density at radius 2 is 1.83 bits per heavy atom. The molecule has 1 aliphatic heterocycles. The van der Waals surface area contributed by atoms with Gasteiger partial charge in [-0.1, -0.05) is 36.4 Å². The molecule has 3 aromatic carbocycles. The standard InChI is InChI=1S/C27H30N4O4S/c1-27(2,3)35-26(32)31-16-7-6-13-24(31)28-19-14-15-22-21(17-19)25(30-29-22)36(33,34)23-12-8-10-18-9-4-5-11-20(18)23/h4-5,8-12,14-15,17,24,28H,6-7,13,16H2,1-3H3,(H,29,30). The Bertz CT molecular complexity index is 1530. The zero-order chi connectivity index (χ0) is 25.5. The van der Waals surface area contributed by atoms with Crippen molar-refractivity contribution >= 4 is 43.3 Å². The Kier molecular flexibility index (Phi) is 6.12. The van der Waals surface area contributed by atoms with Crippen LogP contribution in [-0.2, 0) is 14.6 Å². The molecule has 1 saturated heterocycles. The van der Waals surface area contributed by atoms with Gasteiger partial charge in [0.15, 0.2) is 5.03 Å². The van der Waals surface area contributed by atoms with Crippen LogP contribution in [0.2, 0.25) is 0 Å². The molecular formula is C27H30N4O4S. The first kappa shape index (κ1) is 24.1. The van der Waals surface area contributed by atoms with Gasteiger partial charge in [-0.15, -0.1) is 0 Å². The lowest BCUT2D eigenvalue weighted by molar-refractivity contribution is 0.0130. The molecule has 4 aromatic rings. The van der Waals surface area contributed by atoms with Crippen LogP contribution in [0.3, 0.4) is 0 Å². The van der Waals surface area contributed by atoms with E-state index in [-0.39, 0.29) is 22.2 Å². The van der Waals surface area contributed by atoms with Crippen LogP contribution in [0.4, 0.5) is 10.5 Å². The number of nitrogens with one attached hydrogen (secondary N) is 2. The predicted molar refractivity (Wildman–Crippen MR) is 140 cm³/mol. The van der Waals surface area contributed by atoms with Gasteiger partial charge in [-0.3, -0.25) is 10.00 Å². The number of aromatic nitrogens is 2. The first-order chi connectivity index (χ1) is 17.1. The molecule has 1 amide bonds. The predicted octanol–water partition coefficient (Wildman–Crippen LogP) is 5.71. The fourth-order valence-electron chi connectivity index (χ4n) is 4.63. The zero-order valence-electron chi connectivity index (χ0n) is 20.6. The third-order valence-electron chi connectivity index (χ3n) is 6.29. The van der Waals surface area contributed by atoms with Gasteiger partial charge < -0.3 is 10.1 Å². The van der Waals surface area contributed by atoms with Gasteiger partial charge in [-0.2, -0.15) is 5.10 Å². The molecule has 9 heteroatoms. The monoisotopic (exact) mass is 506 g/mol. The molecule has 1 aromatic heterocycles. The number of amides is 1. The number of hydrogen-bond acceptors (Lipinski definition) is 6. The van der Waals surface area contributed by atoms with Crippen molar-refractivity contribution in [2.45, 2.75) is 61.7 Å². The highest BCUT2D eigenvalue weighted by molar-refractivity contribution is 7.91. The number of nitrogens with zero attached hydrogens (tertiary/aromatic N) is 2. The average Bonchev–Trinajstić information content (AvgIpc) is 3.27. The summed E-state index contributed by atoms with van der Waals surface area (Å²) in [6.07, 6.45) is 2.04. The Hall–Kier alpha value is -3.59. The first-order valence-electron chi connectivity index (χ1n) is 12.1. The Morgan fingerprint density at radius 3 is 2.64 bits per heavy atom. The molecular weight excluding hydrogens is 476 g/mol. The molecule has 0 spiro atoms. The highest BCUT2D eigenvalue weighted by atomic mass is 32.2. The molecule has 5 rings (SSSR count). The summed E-state index contributed by atoms with van der Waals surface area (Å²) in [5.74, 6) is 0. The van der Waals surface area contributed by atoms with Crippen molar-refractivity contribution in [2.75, 3.05) is 11.9 Å². The quantitative estimate of drug-likeness (QED) is 0.367. The van der Waals surface area contributed by atoms with Crippen LogP contribution in [0.5, 0.6) is 0 Å². The van der Waals surface area contributed by atoms with E-state index in [4.69, 9.17) is 4.74 Å². The average molecular weight is 507 g/mol. The van der Waals surface area contributed by atoms with E-state index in [1.807, 2.05) is 57.2 Å². The third kappa shape index (κ3) is 4.63. The summed E-state index contributed by atoms with van der Waals surface area (Å²) in [5.41, 5.74) is 0.672. The van der Waals surface area contributed by atoms with Gasteiger partial charge in [0, 0.05) is 23.0 Å². The number of carbonyl (C=O) groups excluding carboxylic acids is 1. The molecule has 0 aliphatic carbocycles. The summed E-state index contributed by atoms with van der Waals surface area (Å²) < 4.78 is 33.1. The van der Waals surface area contributed by atoms with Crippen molar-refractivity contribution in [3.05, 3.63) is 60.7 Å². The molecule has 1 unspecified atom stereocenters.